The Kier molecular flexibility index (Phi) is 3.79. The van der Waals surface area contributed by atoms with E-state index in [1.165, 1.54) is 0 Å². The Morgan fingerprint density at radius 2 is 2.00 bits per heavy atom. The van der Waals surface area contributed by atoms with Gasteiger partial charge in [-0.2, -0.15) is 0 Å². The smallest absolute Gasteiger partial charge is 0.273 e. The Hall–Kier alpha value is -0.243. The van der Waals surface area contributed by atoms with Crippen LogP contribution in [0.15, 0.2) is 12.3 Å². The first-order valence-electron chi connectivity index (χ1n) is 2.35. The SMILES string of the molecule is C/C=C/O[Si](C)C. The predicted octanol–water partition coefficient (Wildman–Crippen LogP) is 1.79. The second-order valence-electron chi connectivity index (χ2n) is 1.50. The van der Waals surface area contributed by atoms with Gasteiger partial charge in [-0.15, -0.1) is 0 Å². The van der Waals surface area contributed by atoms with E-state index in [9.17, 15) is 0 Å². The average Bonchev–Trinajstić information content (AvgIpc) is 1.61. The van der Waals surface area contributed by atoms with Crippen molar-refractivity contribution in [2.24, 2.45) is 0 Å². The zero-order valence-electron chi connectivity index (χ0n) is 5.06. The molecule has 0 aromatic heterocycles. The molecule has 0 N–H and O–H groups in total. The number of allylic oxidation sites excluding steroid dienone is 1. The molecule has 0 aromatic rings. The highest BCUT2D eigenvalue weighted by Gasteiger charge is 1.89. The van der Waals surface area contributed by atoms with E-state index in [0.717, 1.165) is 0 Å². The van der Waals surface area contributed by atoms with Gasteiger partial charge in [-0.05, 0) is 20.0 Å². The van der Waals surface area contributed by atoms with E-state index in [2.05, 4.69) is 13.1 Å². The quantitative estimate of drug-likeness (QED) is 0.394. The van der Waals surface area contributed by atoms with Gasteiger partial charge in [-0.25, -0.2) is 0 Å². The fourth-order valence-electron chi connectivity index (χ4n) is 0.204. The number of rotatable bonds is 2. The highest BCUT2D eigenvalue weighted by Crippen LogP contribution is 1.82. The van der Waals surface area contributed by atoms with Crippen LogP contribution in [0.3, 0.4) is 0 Å². The predicted molar refractivity (Wildman–Crippen MR) is 33.4 cm³/mol. The van der Waals surface area contributed by atoms with E-state index in [-0.39, 0.29) is 0 Å². The van der Waals surface area contributed by atoms with Gasteiger partial charge in [0.05, 0.1) is 6.26 Å². The molecule has 1 radical (unpaired) electrons. The van der Waals surface area contributed by atoms with Crippen molar-refractivity contribution in [1.82, 2.24) is 0 Å². The maximum Gasteiger partial charge on any atom is 0.273 e. The summed E-state index contributed by atoms with van der Waals surface area (Å²) in [6.07, 6.45) is 3.64. The van der Waals surface area contributed by atoms with Crippen LogP contribution < -0.4 is 0 Å². The summed E-state index contributed by atoms with van der Waals surface area (Å²) >= 11 is 0. The number of hydrogen-bond acceptors (Lipinski definition) is 1. The lowest BCUT2D eigenvalue weighted by atomic mass is 10.8. The highest BCUT2D eigenvalue weighted by atomic mass is 28.3. The summed E-state index contributed by atoms with van der Waals surface area (Å²) in [5.41, 5.74) is 0. The molecule has 0 saturated heterocycles. The lowest BCUT2D eigenvalue weighted by molar-refractivity contribution is 0.500. The molecule has 41 valence electrons. The minimum absolute atomic E-state index is 0.484. The zero-order valence-corrected chi connectivity index (χ0v) is 6.06. The summed E-state index contributed by atoms with van der Waals surface area (Å²) in [5, 5.41) is 0. The van der Waals surface area contributed by atoms with Crippen LogP contribution in [0.25, 0.3) is 0 Å². The van der Waals surface area contributed by atoms with Crippen molar-refractivity contribution in [2.45, 2.75) is 20.0 Å². The van der Waals surface area contributed by atoms with Crippen molar-refractivity contribution < 1.29 is 4.43 Å². The Balaban J connectivity index is 2.97. The van der Waals surface area contributed by atoms with Gasteiger partial charge in [0.15, 0.2) is 0 Å². The van der Waals surface area contributed by atoms with Gasteiger partial charge in [-0.1, -0.05) is 6.08 Å². The molecule has 0 saturated carbocycles. The zero-order chi connectivity index (χ0) is 5.70. The van der Waals surface area contributed by atoms with Crippen LogP contribution >= 0.6 is 0 Å². The number of hydrogen-bond donors (Lipinski definition) is 0. The summed E-state index contributed by atoms with van der Waals surface area (Å²) in [5.74, 6) is 0. The van der Waals surface area contributed by atoms with E-state index < -0.39 is 9.04 Å². The van der Waals surface area contributed by atoms with Crippen LogP contribution in [-0.2, 0) is 4.43 Å². The molecular formula is C5H11OSi. The van der Waals surface area contributed by atoms with Gasteiger partial charge in [0, 0.05) is 0 Å². The molecule has 0 aliphatic carbocycles. The average molecular weight is 115 g/mol. The van der Waals surface area contributed by atoms with Crippen molar-refractivity contribution in [1.29, 1.82) is 0 Å². The third-order valence-electron chi connectivity index (χ3n) is 0.440. The minimum atomic E-state index is -0.484. The fourth-order valence-corrected chi connectivity index (χ4v) is 0.612. The lowest BCUT2D eigenvalue weighted by Gasteiger charge is -1.97. The van der Waals surface area contributed by atoms with Crippen LogP contribution in [0, 0.1) is 0 Å². The first-order valence-corrected chi connectivity index (χ1v) is 4.76. The van der Waals surface area contributed by atoms with Crippen LogP contribution in [0.5, 0.6) is 0 Å². The lowest BCUT2D eigenvalue weighted by Crippen LogP contribution is -2.00. The Morgan fingerprint density at radius 3 is 2.14 bits per heavy atom. The minimum Gasteiger partial charge on any atom is -0.548 e. The van der Waals surface area contributed by atoms with Gasteiger partial charge in [0.1, 0.15) is 0 Å². The summed E-state index contributed by atoms with van der Waals surface area (Å²) in [6, 6.07) is 0. The Bertz CT molecular complexity index is 59.1. The van der Waals surface area contributed by atoms with Crippen molar-refractivity contribution in [3.8, 4) is 0 Å². The van der Waals surface area contributed by atoms with Gasteiger partial charge in [0.2, 0.25) is 0 Å². The molecule has 0 spiro atoms. The molecule has 0 aromatic carbocycles. The first-order chi connectivity index (χ1) is 3.27. The molecule has 2 heteroatoms. The summed E-state index contributed by atoms with van der Waals surface area (Å²) in [7, 11) is -0.484. The molecule has 0 aliphatic heterocycles. The summed E-state index contributed by atoms with van der Waals surface area (Å²) < 4.78 is 5.11. The van der Waals surface area contributed by atoms with E-state index in [1.54, 1.807) is 6.26 Å². The molecule has 0 heterocycles. The van der Waals surface area contributed by atoms with Gasteiger partial charge in [0.25, 0.3) is 9.04 Å². The second-order valence-corrected chi connectivity index (χ2v) is 3.55. The van der Waals surface area contributed by atoms with E-state index in [1.807, 2.05) is 13.0 Å². The van der Waals surface area contributed by atoms with Crippen LogP contribution in [0.1, 0.15) is 6.92 Å². The molecule has 0 bridgehead atoms. The van der Waals surface area contributed by atoms with Gasteiger partial charge in [-0.3, -0.25) is 0 Å². The summed E-state index contributed by atoms with van der Waals surface area (Å²) in [6.45, 7) is 6.15. The van der Waals surface area contributed by atoms with Gasteiger partial charge >= 0.3 is 0 Å². The van der Waals surface area contributed by atoms with E-state index >= 15 is 0 Å². The molecule has 0 unspecified atom stereocenters. The molecular weight excluding hydrogens is 104 g/mol. The third kappa shape index (κ3) is 5.76. The second kappa shape index (κ2) is 3.93. The van der Waals surface area contributed by atoms with Crippen molar-refractivity contribution in [3.63, 3.8) is 0 Å². The van der Waals surface area contributed by atoms with Crippen molar-refractivity contribution in [2.75, 3.05) is 0 Å². The maximum atomic E-state index is 5.11. The summed E-state index contributed by atoms with van der Waals surface area (Å²) in [4.78, 5) is 0. The van der Waals surface area contributed by atoms with E-state index in [4.69, 9.17) is 4.43 Å². The maximum absolute atomic E-state index is 5.11. The monoisotopic (exact) mass is 115 g/mol. The Labute approximate surface area is 46.7 Å². The normalized spacial score (nSPS) is 10.9. The molecule has 0 aliphatic rings. The van der Waals surface area contributed by atoms with Crippen LogP contribution in [-0.4, -0.2) is 9.04 Å². The van der Waals surface area contributed by atoms with Gasteiger partial charge < -0.3 is 4.43 Å². The fraction of sp³-hybridized carbons (Fsp3) is 0.600. The molecule has 0 rings (SSSR count). The molecule has 1 nitrogen and oxygen atoms in total. The Morgan fingerprint density at radius 1 is 1.43 bits per heavy atom. The standard InChI is InChI=1S/C5H11OSi/c1-4-5-6-7(2)3/h4-5H,1-3H3/b5-4+. The molecule has 0 amide bonds. The molecule has 0 atom stereocenters. The molecule has 0 fully saturated rings. The molecule has 7 heavy (non-hydrogen) atoms. The highest BCUT2D eigenvalue weighted by molar-refractivity contribution is 6.48. The largest absolute Gasteiger partial charge is 0.548 e. The van der Waals surface area contributed by atoms with Crippen LogP contribution in [0.4, 0.5) is 0 Å². The first kappa shape index (κ1) is 6.76. The van der Waals surface area contributed by atoms with Crippen molar-refractivity contribution >= 4 is 9.04 Å². The topological polar surface area (TPSA) is 9.23 Å². The van der Waals surface area contributed by atoms with Crippen molar-refractivity contribution in [3.05, 3.63) is 12.3 Å². The third-order valence-corrected chi connectivity index (χ3v) is 1.05. The van der Waals surface area contributed by atoms with E-state index in [0.29, 0.717) is 0 Å². The van der Waals surface area contributed by atoms with Crippen LogP contribution in [0.2, 0.25) is 13.1 Å².